The normalized spacial score (nSPS) is 14.4. The van der Waals surface area contributed by atoms with Gasteiger partial charge >= 0.3 is 0 Å². The molecule has 1 aliphatic heterocycles. The van der Waals surface area contributed by atoms with E-state index < -0.39 is 17.9 Å². The van der Waals surface area contributed by atoms with Gasteiger partial charge in [0.2, 0.25) is 5.91 Å². The number of nitrogens with zero attached hydrogens (tertiary/aromatic N) is 1. The minimum Gasteiger partial charge on any atom is -0.354 e. The highest BCUT2D eigenvalue weighted by Gasteiger charge is 2.42. The highest BCUT2D eigenvalue weighted by Crippen LogP contribution is 2.26. The first-order chi connectivity index (χ1) is 12.1. The molecule has 0 aliphatic carbocycles. The number of carbonyl (C=O) groups is 3. The number of hydrogen-bond acceptors (Lipinski definition) is 3. The first kappa shape index (κ1) is 16.9. The molecule has 3 rings (SSSR count). The van der Waals surface area contributed by atoms with E-state index in [-0.39, 0.29) is 5.91 Å². The van der Waals surface area contributed by atoms with Gasteiger partial charge in [-0.25, -0.2) is 0 Å². The molecular formula is C20H20N2O3. The predicted octanol–water partition coefficient (Wildman–Crippen LogP) is 2.42. The number of benzene rings is 2. The molecular weight excluding hydrogens is 316 g/mol. The Labute approximate surface area is 146 Å². The van der Waals surface area contributed by atoms with Gasteiger partial charge in [-0.15, -0.1) is 0 Å². The van der Waals surface area contributed by atoms with Gasteiger partial charge in [0.1, 0.15) is 6.04 Å². The van der Waals surface area contributed by atoms with E-state index in [0.29, 0.717) is 24.1 Å². The second kappa shape index (κ2) is 7.30. The summed E-state index contributed by atoms with van der Waals surface area (Å²) < 4.78 is 0. The van der Waals surface area contributed by atoms with E-state index in [4.69, 9.17) is 0 Å². The fraction of sp³-hybridized carbons (Fsp3) is 0.250. The number of carbonyl (C=O) groups excluding carboxylic acids is 3. The first-order valence-electron chi connectivity index (χ1n) is 8.42. The molecule has 2 aromatic rings. The quantitative estimate of drug-likeness (QED) is 0.824. The molecule has 5 nitrogen and oxygen atoms in total. The molecule has 128 valence electrons. The summed E-state index contributed by atoms with van der Waals surface area (Å²) in [5, 5.41) is 2.81. The van der Waals surface area contributed by atoms with Gasteiger partial charge in [-0.05, 0) is 24.1 Å². The standard InChI is InChI=1S/C20H20N2O3/c1-2-12-21-18(23)17(13-14-8-4-3-5-9-14)22-19(24)15-10-6-7-11-16(15)20(22)25/h3-11,17H,2,12-13H2,1H3,(H,21,23)/t17-/m0/s1. The molecule has 0 fully saturated rings. The molecule has 0 spiro atoms. The Morgan fingerprint density at radius 2 is 1.52 bits per heavy atom. The fourth-order valence-electron chi connectivity index (χ4n) is 3.00. The van der Waals surface area contributed by atoms with Gasteiger partial charge in [0.15, 0.2) is 0 Å². The van der Waals surface area contributed by atoms with Crippen molar-refractivity contribution in [1.29, 1.82) is 0 Å². The summed E-state index contributed by atoms with van der Waals surface area (Å²) in [4.78, 5) is 39.3. The van der Waals surface area contributed by atoms with Crippen molar-refractivity contribution in [2.45, 2.75) is 25.8 Å². The minimum absolute atomic E-state index is 0.294. The summed E-state index contributed by atoms with van der Waals surface area (Å²) in [6.07, 6.45) is 1.08. The summed E-state index contributed by atoms with van der Waals surface area (Å²) in [5.74, 6) is -1.12. The lowest BCUT2D eigenvalue weighted by Gasteiger charge is -2.25. The lowest BCUT2D eigenvalue weighted by atomic mass is 10.0. The van der Waals surface area contributed by atoms with Gasteiger partial charge in [-0.3, -0.25) is 19.3 Å². The molecule has 1 atom stereocenters. The number of amides is 3. The van der Waals surface area contributed by atoms with E-state index in [1.807, 2.05) is 37.3 Å². The average Bonchev–Trinajstić information content (AvgIpc) is 2.90. The van der Waals surface area contributed by atoms with Gasteiger partial charge in [0.25, 0.3) is 11.8 Å². The Balaban J connectivity index is 1.93. The van der Waals surface area contributed by atoms with Crippen molar-refractivity contribution in [3.63, 3.8) is 0 Å². The molecule has 5 heteroatoms. The van der Waals surface area contributed by atoms with Gasteiger partial charge in [0, 0.05) is 13.0 Å². The van der Waals surface area contributed by atoms with Crippen molar-refractivity contribution in [2.75, 3.05) is 6.54 Å². The third kappa shape index (κ3) is 3.31. The van der Waals surface area contributed by atoms with Crippen LogP contribution in [-0.2, 0) is 11.2 Å². The van der Waals surface area contributed by atoms with E-state index in [2.05, 4.69) is 5.32 Å². The molecule has 1 N–H and O–H groups in total. The molecule has 0 saturated heterocycles. The lowest BCUT2D eigenvalue weighted by Crippen LogP contribution is -2.50. The number of rotatable bonds is 6. The smallest absolute Gasteiger partial charge is 0.262 e. The summed E-state index contributed by atoms with van der Waals surface area (Å²) >= 11 is 0. The fourth-order valence-corrected chi connectivity index (χ4v) is 3.00. The summed E-state index contributed by atoms with van der Waals surface area (Å²) in [6.45, 7) is 2.46. The molecule has 1 aliphatic rings. The zero-order valence-corrected chi connectivity index (χ0v) is 14.1. The second-order valence-electron chi connectivity index (χ2n) is 6.02. The van der Waals surface area contributed by atoms with E-state index in [0.717, 1.165) is 16.9 Å². The molecule has 2 aromatic carbocycles. The van der Waals surface area contributed by atoms with Crippen LogP contribution in [0.2, 0.25) is 0 Å². The Bertz CT molecular complexity index is 767. The maximum atomic E-state index is 12.7. The SMILES string of the molecule is CCCNC(=O)[C@H](Cc1ccccc1)N1C(=O)c2ccccc2C1=O. The maximum Gasteiger partial charge on any atom is 0.262 e. The number of fused-ring (bicyclic) bond motifs is 1. The number of nitrogens with one attached hydrogen (secondary N) is 1. The van der Waals surface area contributed by atoms with Crippen molar-refractivity contribution in [3.8, 4) is 0 Å². The predicted molar refractivity (Wildman–Crippen MR) is 94.2 cm³/mol. The van der Waals surface area contributed by atoms with E-state index in [9.17, 15) is 14.4 Å². The Hall–Kier alpha value is -2.95. The molecule has 1 heterocycles. The first-order valence-corrected chi connectivity index (χ1v) is 8.42. The minimum atomic E-state index is -0.860. The van der Waals surface area contributed by atoms with Crippen LogP contribution in [0, 0.1) is 0 Å². The largest absolute Gasteiger partial charge is 0.354 e. The van der Waals surface area contributed by atoms with Gasteiger partial charge in [-0.2, -0.15) is 0 Å². The van der Waals surface area contributed by atoms with Crippen molar-refractivity contribution < 1.29 is 14.4 Å². The average molecular weight is 336 g/mol. The van der Waals surface area contributed by atoms with Crippen LogP contribution in [0.3, 0.4) is 0 Å². The number of hydrogen-bond donors (Lipinski definition) is 1. The second-order valence-corrected chi connectivity index (χ2v) is 6.02. The van der Waals surface area contributed by atoms with E-state index in [1.54, 1.807) is 24.3 Å². The topological polar surface area (TPSA) is 66.5 Å². The molecule has 0 bridgehead atoms. The third-order valence-corrected chi connectivity index (χ3v) is 4.26. The van der Waals surface area contributed by atoms with Gasteiger partial charge < -0.3 is 5.32 Å². The Morgan fingerprint density at radius 1 is 0.960 bits per heavy atom. The van der Waals surface area contributed by atoms with Crippen molar-refractivity contribution in [3.05, 3.63) is 71.3 Å². The number of imide groups is 1. The van der Waals surface area contributed by atoms with Crippen molar-refractivity contribution in [1.82, 2.24) is 10.2 Å². The summed E-state index contributed by atoms with van der Waals surface area (Å²) in [6, 6.07) is 15.2. The van der Waals surface area contributed by atoms with Crippen LogP contribution in [0.15, 0.2) is 54.6 Å². The van der Waals surface area contributed by atoms with E-state index >= 15 is 0 Å². The highest BCUT2D eigenvalue weighted by atomic mass is 16.2. The van der Waals surface area contributed by atoms with Gasteiger partial charge in [0.05, 0.1) is 11.1 Å². The third-order valence-electron chi connectivity index (χ3n) is 4.26. The zero-order valence-electron chi connectivity index (χ0n) is 14.1. The van der Waals surface area contributed by atoms with Crippen LogP contribution in [-0.4, -0.2) is 35.2 Å². The Kier molecular flexibility index (Phi) is 4.93. The summed E-state index contributed by atoms with van der Waals surface area (Å²) in [5.41, 5.74) is 1.61. The van der Waals surface area contributed by atoms with Crippen molar-refractivity contribution >= 4 is 17.7 Å². The molecule has 3 amide bonds. The molecule has 0 unspecified atom stereocenters. The lowest BCUT2D eigenvalue weighted by molar-refractivity contribution is -0.125. The van der Waals surface area contributed by atoms with Gasteiger partial charge in [-0.1, -0.05) is 49.4 Å². The summed E-state index contributed by atoms with van der Waals surface area (Å²) in [7, 11) is 0. The van der Waals surface area contributed by atoms with Crippen LogP contribution in [0.4, 0.5) is 0 Å². The monoisotopic (exact) mass is 336 g/mol. The van der Waals surface area contributed by atoms with Crippen LogP contribution in [0.5, 0.6) is 0 Å². The van der Waals surface area contributed by atoms with Crippen LogP contribution in [0.25, 0.3) is 0 Å². The molecule has 25 heavy (non-hydrogen) atoms. The van der Waals surface area contributed by atoms with Crippen LogP contribution in [0.1, 0.15) is 39.6 Å². The van der Waals surface area contributed by atoms with E-state index in [1.165, 1.54) is 0 Å². The molecule has 0 aromatic heterocycles. The Morgan fingerprint density at radius 3 is 2.08 bits per heavy atom. The highest BCUT2D eigenvalue weighted by molar-refractivity contribution is 6.22. The molecule has 0 saturated carbocycles. The van der Waals surface area contributed by atoms with Crippen molar-refractivity contribution in [2.24, 2.45) is 0 Å². The maximum absolute atomic E-state index is 12.7. The molecule has 0 radical (unpaired) electrons. The van der Waals surface area contributed by atoms with Crippen LogP contribution >= 0.6 is 0 Å². The zero-order chi connectivity index (χ0) is 17.8. The van der Waals surface area contributed by atoms with Crippen LogP contribution < -0.4 is 5.32 Å².